The number of pyridine rings is 1. The van der Waals surface area contributed by atoms with Gasteiger partial charge in [0.25, 0.3) is 0 Å². The number of benzene rings is 1. The Hall–Kier alpha value is -1.59. The summed E-state index contributed by atoms with van der Waals surface area (Å²) in [4.78, 5) is 7.01. The molecular formula is C15H12ClF3N2. The molecule has 2 nitrogen and oxygen atoms in total. The van der Waals surface area contributed by atoms with E-state index in [4.69, 9.17) is 11.8 Å². The molecule has 0 bridgehead atoms. The quantitative estimate of drug-likeness (QED) is 0.851. The molecule has 0 radical (unpaired) electrons. The molecule has 0 aliphatic heterocycles. The van der Waals surface area contributed by atoms with E-state index in [0.29, 0.717) is 17.2 Å². The highest BCUT2D eigenvalue weighted by molar-refractivity contribution is 6.13. The summed E-state index contributed by atoms with van der Waals surface area (Å²) in [6.07, 6.45) is -1.58. The van der Waals surface area contributed by atoms with Crippen LogP contribution in [0.3, 0.4) is 0 Å². The molecule has 0 spiro atoms. The van der Waals surface area contributed by atoms with Gasteiger partial charge in [-0.3, -0.25) is 4.98 Å². The molecule has 2 atom stereocenters. The standard InChI is InChI=1S/C15H12ClF3N2/c16-21-14-7-12(14)10-3-6-13(20-8-10)9-1-4-11(5-2-9)15(17,18)19/h1-6,8,12,14,21H,7H2/t12-,14+/m1/s1. The summed E-state index contributed by atoms with van der Waals surface area (Å²) in [5.74, 6) is 0.372. The molecule has 3 rings (SSSR count). The zero-order valence-electron chi connectivity index (χ0n) is 10.9. The summed E-state index contributed by atoms with van der Waals surface area (Å²) in [7, 11) is 0. The molecule has 6 heteroatoms. The van der Waals surface area contributed by atoms with Crippen molar-refractivity contribution in [2.75, 3.05) is 0 Å². The van der Waals surface area contributed by atoms with E-state index in [1.807, 2.05) is 12.1 Å². The average molecular weight is 313 g/mol. The first-order chi connectivity index (χ1) is 9.99. The number of halogens is 4. The third-order valence-corrected chi connectivity index (χ3v) is 3.93. The van der Waals surface area contributed by atoms with Crippen LogP contribution < -0.4 is 4.84 Å². The van der Waals surface area contributed by atoms with Crippen molar-refractivity contribution in [3.63, 3.8) is 0 Å². The van der Waals surface area contributed by atoms with Crippen molar-refractivity contribution in [1.29, 1.82) is 0 Å². The van der Waals surface area contributed by atoms with E-state index in [0.717, 1.165) is 24.1 Å². The van der Waals surface area contributed by atoms with Crippen LogP contribution in [0.1, 0.15) is 23.5 Å². The molecule has 0 unspecified atom stereocenters. The van der Waals surface area contributed by atoms with E-state index in [1.165, 1.54) is 12.1 Å². The molecule has 1 aliphatic rings. The Balaban J connectivity index is 1.78. The fourth-order valence-electron chi connectivity index (χ4n) is 2.31. The Morgan fingerprint density at radius 2 is 1.81 bits per heavy atom. The molecule has 0 amide bonds. The highest BCUT2D eigenvalue weighted by Crippen LogP contribution is 2.41. The monoisotopic (exact) mass is 312 g/mol. The molecule has 21 heavy (non-hydrogen) atoms. The van der Waals surface area contributed by atoms with Crippen LogP contribution in [0, 0.1) is 0 Å². The Labute approximate surface area is 125 Å². The lowest BCUT2D eigenvalue weighted by Crippen LogP contribution is -2.04. The van der Waals surface area contributed by atoms with Gasteiger partial charge in [-0.2, -0.15) is 13.2 Å². The molecule has 2 aromatic rings. The van der Waals surface area contributed by atoms with Crippen LogP contribution in [0.2, 0.25) is 0 Å². The van der Waals surface area contributed by atoms with E-state index < -0.39 is 11.7 Å². The van der Waals surface area contributed by atoms with Gasteiger partial charge in [-0.25, -0.2) is 4.84 Å². The molecule has 110 valence electrons. The number of alkyl halides is 3. The minimum absolute atomic E-state index is 0.283. The van der Waals surface area contributed by atoms with Crippen LogP contribution >= 0.6 is 11.8 Å². The lowest BCUT2D eigenvalue weighted by atomic mass is 10.1. The third kappa shape index (κ3) is 3.04. The number of hydrogen-bond donors (Lipinski definition) is 1. The first kappa shape index (κ1) is 14.4. The van der Waals surface area contributed by atoms with Gasteiger partial charge < -0.3 is 0 Å². The van der Waals surface area contributed by atoms with Crippen LogP contribution in [0.15, 0.2) is 42.6 Å². The predicted octanol–water partition coefficient (Wildman–Crippen LogP) is 4.37. The summed E-state index contributed by atoms with van der Waals surface area (Å²) in [5, 5.41) is 0. The SMILES string of the molecule is FC(F)(F)c1ccc(-c2ccc([C@H]3C[C@@H]3NCl)cn2)cc1. The fourth-order valence-corrected chi connectivity index (χ4v) is 2.55. The summed E-state index contributed by atoms with van der Waals surface area (Å²) in [6, 6.07) is 9.06. The zero-order valence-corrected chi connectivity index (χ0v) is 11.6. The van der Waals surface area contributed by atoms with E-state index in [-0.39, 0.29) is 6.04 Å². The van der Waals surface area contributed by atoms with E-state index in [9.17, 15) is 13.2 Å². The second-order valence-electron chi connectivity index (χ2n) is 5.11. The lowest BCUT2D eigenvalue weighted by Gasteiger charge is -2.08. The van der Waals surface area contributed by atoms with Gasteiger partial charge >= 0.3 is 6.18 Å². The maximum Gasteiger partial charge on any atom is 0.416 e. The maximum atomic E-state index is 12.5. The third-order valence-electron chi connectivity index (χ3n) is 3.65. The normalized spacial score (nSPS) is 21.3. The van der Waals surface area contributed by atoms with Crippen molar-refractivity contribution < 1.29 is 13.2 Å². The molecular weight excluding hydrogens is 301 g/mol. The minimum atomic E-state index is -4.31. The lowest BCUT2D eigenvalue weighted by molar-refractivity contribution is -0.137. The molecule has 1 heterocycles. The van der Waals surface area contributed by atoms with Gasteiger partial charge in [0.15, 0.2) is 0 Å². The maximum absolute atomic E-state index is 12.5. The Bertz CT molecular complexity index is 623. The number of aromatic nitrogens is 1. The van der Waals surface area contributed by atoms with Crippen molar-refractivity contribution in [3.05, 3.63) is 53.7 Å². The van der Waals surface area contributed by atoms with Gasteiger partial charge in [0.2, 0.25) is 0 Å². The first-order valence-electron chi connectivity index (χ1n) is 6.49. The van der Waals surface area contributed by atoms with Gasteiger partial charge in [0.1, 0.15) is 0 Å². The molecule has 1 aliphatic carbocycles. The first-order valence-corrected chi connectivity index (χ1v) is 6.86. The summed E-state index contributed by atoms with van der Waals surface area (Å²) in [5.41, 5.74) is 1.75. The van der Waals surface area contributed by atoms with Crippen LogP contribution in [0.4, 0.5) is 13.2 Å². The van der Waals surface area contributed by atoms with Crippen molar-refractivity contribution in [1.82, 2.24) is 9.82 Å². The summed E-state index contributed by atoms with van der Waals surface area (Å²) < 4.78 is 37.5. The van der Waals surface area contributed by atoms with Crippen LogP contribution in [0.25, 0.3) is 11.3 Å². The molecule has 1 fully saturated rings. The molecule has 1 saturated carbocycles. The molecule has 1 aromatic carbocycles. The van der Waals surface area contributed by atoms with E-state index in [1.54, 1.807) is 6.20 Å². The predicted molar refractivity (Wildman–Crippen MR) is 74.8 cm³/mol. The van der Waals surface area contributed by atoms with Crippen molar-refractivity contribution in [2.24, 2.45) is 0 Å². The molecule has 1 aromatic heterocycles. The van der Waals surface area contributed by atoms with Gasteiger partial charge in [-0.15, -0.1) is 0 Å². The Kier molecular flexibility index (Phi) is 3.63. The largest absolute Gasteiger partial charge is 0.416 e. The Morgan fingerprint density at radius 3 is 2.29 bits per heavy atom. The Morgan fingerprint density at radius 1 is 1.10 bits per heavy atom. The van der Waals surface area contributed by atoms with Gasteiger partial charge in [-0.05, 0) is 42.0 Å². The highest BCUT2D eigenvalue weighted by atomic mass is 35.5. The average Bonchev–Trinajstić information content (AvgIpc) is 3.26. The topological polar surface area (TPSA) is 24.9 Å². The van der Waals surface area contributed by atoms with Gasteiger partial charge in [0, 0.05) is 23.7 Å². The van der Waals surface area contributed by atoms with Crippen LogP contribution in [-0.2, 0) is 6.18 Å². The zero-order chi connectivity index (χ0) is 15.0. The second-order valence-corrected chi connectivity index (χ2v) is 5.33. The van der Waals surface area contributed by atoms with Crippen molar-refractivity contribution in [3.8, 4) is 11.3 Å². The number of nitrogens with one attached hydrogen (secondary N) is 1. The minimum Gasteiger partial charge on any atom is -0.256 e. The van der Waals surface area contributed by atoms with E-state index in [2.05, 4.69) is 9.82 Å². The fraction of sp³-hybridized carbons (Fsp3) is 0.267. The van der Waals surface area contributed by atoms with Gasteiger partial charge in [0.05, 0.1) is 11.3 Å². The van der Waals surface area contributed by atoms with Crippen LogP contribution in [-0.4, -0.2) is 11.0 Å². The smallest absolute Gasteiger partial charge is 0.256 e. The number of rotatable bonds is 3. The summed E-state index contributed by atoms with van der Waals surface area (Å²) in [6.45, 7) is 0. The molecule has 1 N–H and O–H groups in total. The number of nitrogens with zero attached hydrogens (tertiary/aromatic N) is 1. The van der Waals surface area contributed by atoms with Crippen LogP contribution in [0.5, 0.6) is 0 Å². The number of hydrogen-bond acceptors (Lipinski definition) is 2. The molecule has 0 saturated heterocycles. The second kappa shape index (κ2) is 5.31. The van der Waals surface area contributed by atoms with Gasteiger partial charge in [-0.1, -0.05) is 18.2 Å². The highest BCUT2D eigenvalue weighted by Gasteiger charge is 2.38. The van der Waals surface area contributed by atoms with Crippen molar-refractivity contribution in [2.45, 2.75) is 24.6 Å². The van der Waals surface area contributed by atoms with E-state index >= 15 is 0 Å². The van der Waals surface area contributed by atoms with Crippen molar-refractivity contribution >= 4 is 11.8 Å². The summed E-state index contributed by atoms with van der Waals surface area (Å²) >= 11 is 5.56.